The summed E-state index contributed by atoms with van der Waals surface area (Å²) in [6.07, 6.45) is 4.00. The van der Waals surface area contributed by atoms with Gasteiger partial charge >= 0.3 is 11.1 Å². The highest BCUT2D eigenvalue weighted by Gasteiger charge is 2.07. The Kier molecular flexibility index (Phi) is 4.96. The Morgan fingerprint density at radius 3 is 2.17 bits per heavy atom. The molecule has 4 nitrogen and oxygen atoms in total. The molecule has 0 saturated heterocycles. The van der Waals surface area contributed by atoms with E-state index in [1.54, 1.807) is 18.5 Å². The molecule has 2 aromatic carbocycles. The zero-order valence-electron chi connectivity index (χ0n) is 13.1. The van der Waals surface area contributed by atoms with Crippen LogP contribution in [-0.2, 0) is 19.5 Å². The first-order valence-electron chi connectivity index (χ1n) is 7.72. The van der Waals surface area contributed by atoms with Crippen molar-refractivity contribution in [3.63, 3.8) is 0 Å². The summed E-state index contributed by atoms with van der Waals surface area (Å²) in [7, 11) is 0. The summed E-state index contributed by atoms with van der Waals surface area (Å²) in [6.45, 7) is 0.762. The smallest absolute Gasteiger partial charge is 0.309 e. The largest absolute Gasteiger partial charge is 0.316 e. The zero-order valence-corrected chi connectivity index (χ0v) is 13.8. The van der Waals surface area contributed by atoms with Crippen LogP contribution in [0.3, 0.4) is 0 Å². The normalized spacial score (nSPS) is 10.7. The van der Waals surface area contributed by atoms with E-state index in [2.05, 4.69) is 0 Å². The van der Waals surface area contributed by atoms with Gasteiger partial charge in [0.2, 0.25) is 0 Å². The first-order chi connectivity index (χ1) is 11.6. The van der Waals surface area contributed by atoms with Crippen LogP contribution in [0.15, 0.2) is 76.6 Å². The van der Waals surface area contributed by atoms with Crippen molar-refractivity contribution in [1.82, 2.24) is 9.13 Å². The molecule has 0 unspecified atom stereocenters. The molecule has 24 heavy (non-hydrogen) atoms. The van der Waals surface area contributed by atoms with E-state index in [9.17, 15) is 9.59 Å². The molecular weight excluding hydrogens is 324 g/mol. The highest BCUT2D eigenvalue weighted by Crippen LogP contribution is 2.15. The third-order valence-corrected chi connectivity index (χ3v) is 4.28. The number of hydrogen-bond donors (Lipinski definition) is 0. The van der Waals surface area contributed by atoms with Crippen molar-refractivity contribution >= 4 is 11.6 Å². The Labute approximate surface area is 144 Å². The molecule has 0 N–H and O–H groups in total. The molecule has 3 rings (SSSR count). The highest BCUT2D eigenvalue weighted by molar-refractivity contribution is 6.31. The molecule has 1 aromatic heterocycles. The van der Waals surface area contributed by atoms with Crippen molar-refractivity contribution in [2.75, 3.05) is 0 Å². The van der Waals surface area contributed by atoms with Gasteiger partial charge in [0.05, 0.1) is 6.54 Å². The van der Waals surface area contributed by atoms with Gasteiger partial charge in [-0.15, -0.1) is 0 Å². The van der Waals surface area contributed by atoms with Crippen LogP contribution in [0.25, 0.3) is 0 Å². The summed E-state index contributed by atoms with van der Waals surface area (Å²) in [5.74, 6) is 0. The standard InChI is InChI=1S/C19H17ClN2O2/c20-17-9-5-4-8-16(17)14-22-13-12-21(18(23)19(22)24)11-10-15-6-2-1-3-7-15/h1-9,12-13H,10-11,14H2. The Hall–Kier alpha value is -2.59. The number of aromatic nitrogens is 2. The molecule has 0 fully saturated rings. The Morgan fingerprint density at radius 2 is 1.42 bits per heavy atom. The van der Waals surface area contributed by atoms with Crippen LogP contribution < -0.4 is 11.1 Å². The SMILES string of the molecule is O=c1c(=O)n(Cc2ccccc2Cl)ccn1CCc1ccccc1. The molecule has 0 saturated carbocycles. The Bertz CT molecular complexity index is 945. The topological polar surface area (TPSA) is 44.0 Å². The van der Waals surface area contributed by atoms with Crippen LogP contribution in [-0.4, -0.2) is 9.13 Å². The molecular formula is C19H17ClN2O2. The van der Waals surface area contributed by atoms with Crippen molar-refractivity contribution in [2.24, 2.45) is 0 Å². The third kappa shape index (κ3) is 3.66. The summed E-state index contributed by atoms with van der Waals surface area (Å²) >= 11 is 6.12. The molecule has 0 aliphatic heterocycles. The lowest BCUT2D eigenvalue weighted by molar-refractivity contribution is 0.622. The fraction of sp³-hybridized carbons (Fsp3) is 0.158. The van der Waals surface area contributed by atoms with E-state index < -0.39 is 11.1 Å². The summed E-state index contributed by atoms with van der Waals surface area (Å²) < 4.78 is 2.85. The molecule has 0 aliphatic carbocycles. The molecule has 5 heteroatoms. The minimum absolute atomic E-state index is 0.285. The summed E-state index contributed by atoms with van der Waals surface area (Å²) in [5, 5.41) is 0.581. The minimum atomic E-state index is -0.537. The lowest BCUT2D eigenvalue weighted by Gasteiger charge is -2.10. The summed E-state index contributed by atoms with van der Waals surface area (Å²) in [6, 6.07) is 17.2. The Balaban J connectivity index is 1.80. The second kappa shape index (κ2) is 7.32. The maximum atomic E-state index is 12.3. The molecule has 0 spiro atoms. The van der Waals surface area contributed by atoms with Gasteiger partial charge in [0, 0.05) is 24.0 Å². The average molecular weight is 341 g/mol. The zero-order chi connectivity index (χ0) is 16.9. The second-order valence-corrected chi connectivity index (χ2v) is 5.96. The molecule has 0 bridgehead atoms. The van der Waals surface area contributed by atoms with Gasteiger partial charge in [0.1, 0.15) is 0 Å². The van der Waals surface area contributed by atoms with Crippen LogP contribution in [0, 0.1) is 0 Å². The van der Waals surface area contributed by atoms with Crippen molar-refractivity contribution in [3.05, 3.63) is 104 Å². The van der Waals surface area contributed by atoms with E-state index >= 15 is 0 Å². The predicted molar refractivity (Wildman–Crippen MR) is 95.7 cm³/mol. The van der Waals surface area contributed by atoms with Gasteiger partial charge in [0.25, 0.3) is 0 Å². The molecule has 122 valence electrons. The van der Waals surface area contributed by atoms with E-state index in [4.69, 9.17) is 11.6 Å². The number of aryl methyl sites for hydroxylation is 2. The lowest BCUT2D eigenvalue weighted by Crippen LogP contribution is -2.41. The van der Waals surface area contributed by atoms with Gasteiger partial charge < -0.3 is 9.13 Å². The molecule has 0 radical (unpaired) electrons. The summed E-state index contributed by atoms with van der Waals surface area (Å²) in [4.78, 5) is 24.6. The number of hydrogen-bond acceptors (Lipinski definition) is 2. The van der Waals surface area contributed by atoms with Crippen molar-refractivity contribution in [3.8, 4) is 0 Å². The van der Waals surface area contributed by atoms with E-state index in [-0.39, 0.29) is 6.54 Å². The van der Waals surface area contributed by atoms with Crippen molar-refractivity contribution in [2.45, 2.75) is 19.5 Å². The summed E-state index contributed by atoms with van der Waals surface area (Å²) in [5.41, 5.74) is 0.887. The van der Waals surface area contributed by atoms with Crippen molar-refractivity contribution in [1.29, 1.82) is 0 Å². The molecule has 0 amide bonds. The van der Waals surface area contributed by atoms with Crippen LogP contribution in [0.5, 0.6) is 0 Å². The van der Waals surface area contributed by atoms with Gasteiger partial charge in [-0.1, -0.05) is 60.1 Å². The number of rotatable bonds is 5. The molecule has 1 heterocycles. The van der Waals surface area contributed by atoms with E-state index in [1.165, 1.54) is 9.13 Å². The van der Waals surface area contributed by atoms with Crippen LogP contribution in [0.4, 0.5) is 0 Å². The van der Waals surface area contributed by atoms with Crippen LogP contribution in [0.1, 0.15) is 11.1 Å². The maximum Gasteiger partial charge on any atom is 0.316 e. The first-order valence-corrected chi connectivity index (χ1v) is 8.10. The van der Waals surface area contributed by atoms with Gasteiger partial charge in [0.15, 0.2) is 0 Å². The predicted octanol–water partition coefficient (Wildman–Crippen LogP) is 2.95. The monoisotopic (exact) mass is 340 g/mol. The first kappa shape index (κ1) is 16.3. The number of halogens is 1. The number of benzene rings is 2. The van der Waals surface area contributed by atoms with E-state index in [0.717, 1.165) is 11.1 Å². The van der Waals surface area contributed by atoms with Gasteiger partial charge in [-0.2, -0.15) is 0 Å². The maximum absolute atomic E-state index is 12.3. The van der Waals surface area contributed by atoms with Gasteiger partial charge in [-0.3, -0.25) is 9.59 Å². The molecule has 0 atom stereocenters. The Morgan fingerprint density at radius 1 is 0.792 bits per heavy atom. The van der Waals surface area contributed by atoms with Crippen LogP contribution >= 0.6 is 11.6 Å². The highest BCUT2D eigenvalue weighted by atomic mass is 35.5. The quantitative estimate of drug-likeness (QED) is 0.670. The van der Waals surface area contributed by atoms with E-state index in [1.807, 2.05) is 48.5 Å². The van der Waals surface area contributed by atoms with Gasteiger partial charge in [-0.25, -0.2) is 0 Å². The minimum Gasteiger partial charge on any atom is -0.309 e. The van der Waals surface area contributed by atoms with Crippen molar-refractivity contribution < 1.29 is 0 Å². The second-order valence-electron chi connectivity index (χ2n) is 5.56. The third-order valence-electron chi connectivity index (χ3n) is 3.91. The van der Waals surface area contributed by atoms with Crippen LogP contribution in [0.2, 0.25) is 5.02 Å². The fourth-order valence-electron chi connectivity index (χ4n) is 2.55. The van der Waals surface area contributed by atoms with Gasteiger partial charge in [-0.05, 0) is 23.6 Å². The van der Waals surface area contributed by atoms with E-state index in [0.29, 0.717) is 18.0 Å². The molecule has 3 aromatic rings. The average Bonchev–Trinajstić information content (AvgIpc) is 2.61. The lowest BCUT2D eigenvalue weighted by atomic mass is 10.1. The molecule has 0 aliphatic rings. The number of nitrogens with zero attached hydrogens (tertiary/aromatic N) is 2. The fourth-order valence-corrected chi connectivity index (χ4v) is 2.74.